The van der Waals surface area contributed by atoms with Gasteiger partial charge in [-0.2, -0.15) is 5.10 Å². The number of benzene rings is 4. The molecule has 0 atom stereocenters. The molecule has 10 heteroatoms. The predicted molar refractivity (Wildman–Crippen MR) is 171 cm³/mol. The molecule has 1 aromatic heterocycles. The van der Waals surface area contributed by atoms with E-state index in [-0.39, 0.29) is 10.7 Å². The normalized spacial score (nSPS) is 14.0. The first kappa shape index (κ1) is 28.4. The number of carbonyl (C=O) groups is 2. The standard InChI is InChI=1S/C34H26N4O5S/c1-37-33(43-27-19-17-24(41-2)18-20-27)28(30(36-37)22-9-5-3-6-10-22)21-29-31(39)35-34(44)38(32(29)40)23-13-15-26(16-14-23)42-25-11-7-4-8-12-25/h3-21H,1-2H3,(H,35,39,44). The number of nitrogens with zero attached hydrogens (tertiary/aromatic N) is 3. The third-order valence-corrected chi connectivity index (χ3v) is 7.10. The molecule has 1 aliphatic rings. The zero-order valence-electron chi connectivity index (χ0n) is 23.8. The fourth-order valence-corrected chi connectivity index (χ4v) is 4.95. The molecule has 5 aromatic rings. The Morgan fingerprint density at radius 3 is 1.98 bits per heavy atom. The number of aromatic nitrogens is 2. The van der Waals surface area contributed by atoms with Crippen molar-refractivity contribution >= 4 is 40.9 Å². The molecule has 0 saturated carbocycles. The summed E-state index contributed by atoms with van der Waals surface area (Å²) in [6.45, 7) is 0. The highest BCUT2D eigenvalue weighted by Crippen LogP contribution is 2.36. The quantitative estimate of drug-likeness (QED) is 0.123. The summed E-state index contributed by atoms with van der Waals surface area (Å²) >= 11 is 5.42. The minimum atomic E-state index is -0.626. The van der Waals surface area contributed by atoms with Gasteiger partial charge >= 0.3 is 0 Å². The Hall–Kier alpha value is -5.74. The Bertz CT molecular complexity index is 1870. The van der Waals surface area contributed by atoms with Crippen LogP contribution in [0.1, 0.15) is 5.56 Å². The fraction of sp³-hybridized carbons (Fsp3) is 0.0588. The molecule has 0 spiro atoms. The number of thiocarbonyl (C=S) groups is 1. The first-order valence-electron chi connectivity index (χ1n) is 13.6. The molecule has 0 unspecified atom stereocenters. The number of hydrogen-bond acceptors (Lipinski definition) is 7. The maximum atomic E-state index is 13.9. The number of methoxy groups -OCH3 is 1. The summed E-state index contributed by atoms with van der Waals surface area (Å²) in [5.74, 6) is 1.58. The van der Waals surface area contributed by atoms with Crippen molar-refractivity contribution < 1.29 is 23.8 Å². The van der Waals surface area contributed by atoms with Crippen LogP contribution in [0.25, 0.3) is 17.3 Å². The number of rotatable bonds is 8. The van der Waals surface area contributed by atoms with Crippen LogP contribution in [0, 0.1) is 0 Å². The Morgan fingerprint density at radius 1 is 0.750 bits per heavy atom. The molecule has 1 N–H and O–H groups in total. The predicted octanol–water partition coefficient (Wildman–Crippen LogP) is 6.51. The maximum absolute atomic E-state index is 13.9. The summed E-state index contributed by atoms with van der Waals surface area (Å²) in [5.41, 5.74) is 2.10. The van der Waals surface area contributed by atoms with Gasteiger partial charge in [-0.3, -0.25) is 19.8 Å². The van der Waals surface area contributed by atoms with Gasteiger partial charge in [0.25, 0.3) is 11.8 Å². The van der Waals surface area contributed by atoms with Crippen LogP contribution in [0.4, 0.5) is 5.69 Å². The van der Waals surface area contributed by atoms with Crippen LogP contribution in [0.3, 0.4) is 0 Å². The molecule has 1 aliphatic heterocycles. The van der Waals surface area contributed by atoms with Gasteiger partial charge in [0.15, 0.2) is 5.11 Å². The van der Waals surface area contributed by atoms with Crippen molar-refractivity contribution in [3.8, 4) is 40.1 Å². The second-order valence-electron chi connectivity index (χ2n) is 9.70. The van der Waals surface area contributed by atoms with Crippen molar-refractivity contribution in [1.29, 1.82) is 0 Å². The van der Waals surface area contributed by atoms with Crippen LogP contribution < -0.4 is 24.4 Å². The third kappa shape index (κ3) is 5.79. The van der Waals surface area contributed by atoms with Gasteiger partial charge in [0.05, 0.1) is 18.4 Å². The SMILES string of the molecule is COc1ccc(Oc2c(C=C3C(=O)NC(=S)N(c4ccc(Oc5ccccc5)cc4)C3=O)c(-c3ccccc3)nn2C)cc1. The van der Waals surface area contributed by atoms with E-state index in [9.17, 15) is 9.59 Å². The lowest BCUT2D eigenvalue weighted by molar-refractivity contribution is -0.122. The second-order valence-corrected chi connectivity index (χ2v) is 10.1. The minimum absolute atomic E-state index is 0.0296. The highest BCUT2D eigenvalue weighted by Gasteiger charge is 2.35. The Kier molecular flexibility index (Phi) is 7.90. The smallest absolute Gasteiger partial charge is 0.270 e. The fourth-order valence-electron chi connectivity index (χ4n) is 4.66. The van der Waals surface area contributed by atoms with Gasteiger partial charge in [-0.15, -0.1) is 0 Å². The van der Waals surface area contributed by atoms with Crippen molar-refractivity contribution in [2.24, 2.45) is 7.05 Å². The highest BCUT2D eigenvalue weighted by atomic mass is 32.1. The van der Waals surface area contributed by atoms with E-state index in [0.29, 0.717) is 45.8 Å². The number of nitrogens with one attached hydrogen (secondary N) is 1. The molecule has 2 heterocycles. The lowest BCUT2D eigenvalue weighted by atomic mass is 10.0. The van der Waals surface area contributed by atoms with Crippen LogP contribution in [-0.2, 0) is 16.6 Å². The van der Waals surface area contributed by atoms with Gasteiger partial charge in [-0.05, 0) is 79.0 Å². The molecule has 0 radical (unpaired) electrons. The molecule has 1 fully saturated rings. The summed E-state index contributed by atoms with van der Waals surface area (Å²) in [7, 11) is 3.32. The van der Waals surface area contributed by atoms with Gasteiger partial charge in [0.2, 0.25) is 5.88 Å². The second kappa shape index (κ2) is 12.2. The van der Waals surface area contributed by atoms with Crippen molar-refractivity contribution in [1.82, 2.24) is 15.1 Å². The lowest BCUT2D eigenvalue weighted by Crippen LogP contribution is -2.54. The average molecular weight is 603 g/mol. The van der Waals surface area contributed by atoms with Gasteiger partial charge in [-0.25, -0.2) is 4.68 Å². The van der Waals surface area contributed by atoms with E-state index < -0.39 is 11.8 Å². The summed E-state index contributed by atoms with van der Waals surface area (Å²) in [4.78, 5) is 28.4. The molecule has 2 amide bonds. The van der Waals surface area contributed by atoms with E-state index in [1.165, 1.54) is 11.0 Å². The first-order chi connectivity index (χ1) is 21.4. The van der Waals surface area contributed by atoms with Crippen LogP contribution >= 0.6 is 12.2 Å². The number of ether oxygens (including phenoxy) is 3. The molecule has 44 heavy (non-hydrogen) atoms. The largest absolute Gasteiger partial charge is 0.497 e. The van der Waals surface area contributed by atoms with E-state index >= 15 is 0 Å². The van der Waals surface area contributed by atoms with Gasteiger partial charge in [0.1, 0.15) is 34.3 Å². The monoisotopic (exact) mass is 602 g/mol. The average Bonchev–Trinajstić information content (AvgIpc) is 3.35. The number of amides is 2. The van der Waals surface area contributed by atoms with Crippen LogP contribution in [0.5, 0.6) is 28.9 Å². The summed E-state index contributed by atoms with van der Waals surface area (Å²) in [5, 5.41) is 7.31. The van der Waals surface area contributed by atoms with Crippen molar-refractivity contribution in [2.45, 2.75) is 0 Å². The number of carbonyl (C=O) groups excluding carboxylic acids is 2. The Labute approximate surface area is 258 Å². The zero-order valence-corrected chi connectivity index (χ0v) is 24.6. The van der Waals surface area contributed by atoms with E-state index in [0.717, 1.165) is 5.56 Å². The zero-order chi connectivity index (χ0) is 30.6. The molecule has 0 bridgehead atoms. The first-order valence-corrected chi connectivity index (χ1v) is 14.0. The minimum Gasteiger partial charge on any atom is -0.497 e. The van der Waals surface area contributed by atoms with E-state index in [2.05, 4.69) is 10.4 Å². The van der Waals surface area contributed by atoms with Gasteiger partial charge < -0.3 is 14.2 Å². The molecule has 6 rings (SSSR count). The molecular weight excluding hydrogens is 576 g/mol. The number of aryl methyl sites for hydroxylation is 1. The number of anilines is 1. The molecular formula is C34H26N4O5S. The van der Waals surface area contributed by atoms with Crippen molar-refractivity contribution in [2.75, 3.05) is 12.0 Å². The van der Waals surface area contributed by atoms with Crippen LogP contribution in [0.2, 0.25) is 0 Å². The molecule has 1 saturated heterocycles. The van der Waals surface area contributed by atoms with Gasteiger partial charge in [0, 0.05) is 12.6 Å². The van der Waals surface area contributed by atoms with Crippen LogP contribution in [-0.4, -0.2) is 33.8 Å². The molecule has 9 nitrogen and oxygen atoms in total. The number of hydrogen-bond donors (Lipinski definition) is 1. The summed E-state index contributed by atoms with van der Waals surface area (Å²) in [6, 6.07) is 32.7. The Balaban J connectivity index is 1.37. The van der Waals surface area contributed by atoms with Gasteiger partial charge in [-0.1, -0.05) is 48.5 Å². The molecule has 218 valence electrons. The summed E-state index contributed by atoms with van der Waals surface area (Å²) in [6.07, 6.45) is 1.49. The third-order valence-electron chi connectivity index (χ3n) is 6.81. The van der Waals surface area contributed by atoms with E-state index in [4.69, 9.17) is 26.4 Å². The molecule has 4 aromatic carbocycles. The Morgan fingerprint density at radius 2 is 1.32 bits per heavy atom. The summed E-state index contributed by atoms with van der Waals surface area (Å²) < 4.78 is 19.0. The lowest BCUT2D eigenvalue weighted by Gasteiger charge is -2.29. The molecule has 0 aliphatic carbocycles. The van der Waals surface area contributed by atoms with E-state index in [1.807, 2.05) is 60.7 Å². The maximum Gasteiger partial charge on any atom is 0.270 e. The van der Waals surface area contributed by atoms with Crippen molar-refractivity contribution in [3.63, 3.8) is 0 Å². The highest BCUT2D eigenvalue weighted by molar-refractivity contribution is 7.80. The van der Waals surface area contributed by atoms with Crippen molar-refractivity contribution in [3.05, 3.63) is 120 Å². The van der Waals surface area contributed by atoms with E-state index in [1.54, 1.807) is 67.4 Å². The number of para-hydroxylation sites is 1. The van der Waals surface area contributed by atoms with Crippen LogP contribution in [0.15, 0.2) is 115 Å². The topological polar surface area (TPSA) is 94.9 Å².